The molecule has 0 radical (unpaired) electrons. The lowest BCUT2D eigenvalue weighted by molar-refractivity contribution is 0.179. The Morgan fingerprint density at radius 2 is 2.36 bits per heavy atom. The van der Waals surface area contributed by atoms with Gasteiger partial charge in [-0.25, -0.2) is 9.79 Å². The summed E-state index contributed by atoms with van der Waals surface area (Å²) in [5, 5.41) is 0. The summed E-state index contributed by atoms with van der Waals surface area (Å²) in [6.07, 6.45) is 2.17. The molecule has 1 heterocycles. The van der Waals surface area contributed by atoms with Gasteiger partial charge in [-0.05, 0) is 37.0 Å². The molecule has 1 aromatic rings. The molecule has 22 heavy (non-hydrogen) atoms. The van der Waals surface area contributed by atoms with Crippen LogP contribution >= 0.6 is 0 Å². The SMILES string of the molecule is CCN(C(=O)OC)c1cccc2c1CC[C@]1(COC(N)=N1)C2. The molecule has 0 saturated heterocycles. The second-order valence-electron chi connectivity index (χ2n) is 5.77. The Bertz CT molecular complexity index is 629. The van der Waals surface area contributed by atoms with Gasteiger partial charge in [0.25, 0.3) is 6.02 Å². The minimum atomic E-state index is -0.331. The average Bonchev–Trinajstić information content (AvgIpc) is 2.88. The van der Waals surface area contributed by atoms with Crippen LogP contribution in [0.25, 0.3) is 0 Å². The van der Waals surface area contributed by atoms with Crippen molar-refractivity contribution < 1.29 is 14.3 Å². The molecule has 0 saturated carbocycles. The largest absolute Gasteiger partial charge is 0.463 e. The molecule has 2 aliphatic rings. The van der Waals surface area contributed by atoms with Gasteiger partial charge in [0.15, 0.2) is 0 Å². The van der Waals surface area contributed by atoms with Crippen LogP contribution in [-0.2, 0) is 22.3 Å². The number of fused-ring (bicyclic) bond motifs is 1. The average molecular weight is 303 g/mol. The summed E-state index contributed by atoms with van der Waals surface area (Å²) in [7, 11) is 1.41. The number of hydrogen-bond donors (Lipinski definition) is 1. The predicted octanol–water partition coefficient (Wildman–Crippen LogP) is 1.85. The van der Waals surface area contributed by atoms with E-state index in [1.54, 1.807) is 4.90 Å². The Morgan fingerprint density at radius 1 is 1.55 bits per heavy atom. The number of anilines is 1. The zero-order chi connectivity index (χ0) is 15.7. The van der Waals surface area contributed by atoms with Crippen molar-refractivity contribution in [2.24, 2.45) is 10.7 Å². The van der Waals surface area contributed by atoms with Gasteiger partial charge >= 0.3 is 6.09 Å². The standard InChI is InChI=1S/C16H21N3O3/c1-3-19(15(20)21-2)13-6-4-5-11-9-16(8-7-12(11)13)10-22-14(17)18-16/h4-6H,3,7-10H2,1-2H3,(H2,17,18)/t16-/m1/s1. The fourth-order valence-electron chi connectivity index (χ4n) is 3.36. The summed E-state index contributed by atoms with van der Waals surface area (Å²) < 4.78 is 10.2. The highest BCUT2D eigenvalue weighted by molar-refractivity contribution is 5.89. The number of carbonyl (C=O) groups is 1. The number of nitrogens with zero attached hydrogens (tertiary/aromatic N) is 2. The number of rotatable bonds is 2. The summed E-state index contributed by atoms with van der Waals surface area (Å²) in [5.41, 5.74) is 8.76. The zero-order valence-corrected chi connectivity index (χ0v) is 13.0. The highest BCUT2D eigenvalue weighted by atomic mass is 16.5. The molecule has 0 unspecified atom stereocenters. The molecular weight excluding hydrogens is 282 g/mol. The van der Waals surface area contributed by atoms with Gasteiger partial charge in [0.05, 0.1) is 12.8 Å². The van der Waals surface area contributed by atoms with E-state index < -0.39 is 0 Å². The number of amides is 1. The summed E-state index contributed by atoms with van der Waals surface area (Å²) in [6, 6.07) is 6.32. The Balaban J connectivity index is 1.95. The molecule has 0 aromatic heterocycles. The Morgan fingerprint density at radius 3 is 3.00 bits per heavy atom. The number of hydrogen-bond acceptors (Lipinski definition) is 5. The molecule has 1 aromatic carbocycles. The maximum atomic E-state index is 12.0. The topological polar surface area (TPSA) is 77.2 Å². The van der Waals surface area contributed by atoms with Crippen molar-refractivity contribution in [1.29, 1.82) is 0 Å². The van der Waals surface area contributed by atoms with Gasteiger partial charge in [-0.3, -0.25) is 4.90 Å². The fourth-order valence-corrected chi connectivity index (χ4v) is 3.36. The van der Waals surface area contributed by atoms with E-state index in [1.807, 2.05) is 19.1 Å². The summed E-state index contributed by atoms with van der Waals surface area (Å²) in [5.74, 6) is 0. The van der Waals surface area contributed by atoms with Crippen LogP contribution < -0.4 is 10.6 Å². The number of ether oxygens (including phenoxy) is 2. The molecule has 1 aliphatic heterocycles. The minimum absolute atomic E-state index is 0.238. The van der Waals surface area contributed by atoms with Crippen LogP contribution in [0.15, 0.2) is 23.2 Å². The lowest BCUT2D eigenvalue weighted by Crippen LogP contribution is -2.37. The number of amidine groups is 1. The van der Waals surface area contributed by atoms with Gasteiger partial charge < -0.3 is 15.2 Å². The number of methoxy groups -OCH3 is 1. The first-order chi connectivity index (χ1) is 10.6. The number of nitrogens with two attached hydrogens (primary N) is 1. The molecule has 3 rings (SSSR count). The second kappa shape index (κ2) is 5.51. The molecule has 1 atom stereocenters. The molecule has 2 N–H and O–H groups in total. The highest BCUT2D eigenvalue weighted by Crippen LogP contribution is 2.38. The third-order valence-corrected chi connectivity index (χ3v) is 4.45. The van der Waals surface area contributed by atoms with Crippen molar-refractivity contribution in [3.05, 3.63) is 29.3 Å². The summed E-state index contributed by atoms with van der Waals surface area (Å²) in [4.78, 5) is 18.1. The molecule has 6 nitrogen and oxygen atoms in total. The minimum Gasteiger partial charge on any atom is -0.463 e. The lowest BCUT2D eigenvalue weighted by atomic mass is 9.78. The van der Waals surface area contributed by atoms with Crippen LogP contribution in [0.5, 0.6) is 0 Å². The van der Waals surface area contributed by atoms with Crippen molar-refractivity contribution in [3.8, 4) is 0 Å². The summed E-state index contributed by atoms with van der Waals surface area (Å²) >= 11 is 0. The van der Waals surface area contributed by atoms with Crippen LogP contribution in [0.3, 0.4) is 0 Å². The first-order valence-electron chi connectivity index (χ1n) is 7.53. The van der Waals surface area contributed by atoms with E-state index in [-0.39, 0.29) is 17.7 Å². The van der Waals surface area contributed by atoms with Crippen LogP contribution in [0.4, 0.5) is 10.5 Å². The lowest BCUT2D eigenvalue weighted by Gasteiger charge is -2.33. The van der Waals surface area contributed by atoms with Gasteiger partial charge in [-0.2, -0.15) is 0 Å². The monoisotopic (exact) mass is 303 g/mol. The quantitative estimate of drug-likeness (QED) is 0.904. The van der Waals surface area contributed by atoms with E-state index in [9.17, 15) is 4.79 Å². The van der Waals surface area contributed by atoms with Gasteiger partial charge in [-0.15, -0.1) is 0 Å². The summed E-state index contributed by atoms with van der Waals surface area (Å²) in [6.45, 7) is 3.05. The molecule has 1 spiro atoms. The van der Waals surface area contributed by atoms with Crippen molar-refractivity contribution in [3.63, 3.8) is 0 Å². The van der Waals surface area contributed by atoms with Gasteiger partial charge in [0, 0.05) is 13.0 Å². The van der Waals surface area contributed by atoms with Crippen molar-refractivity contribution >= 4 is 17.8 Å². The Kier molecular flexibility index (Phi) is 3.68. The maximum Gasteiger partial charge on any atom is 0.413 e. The normalized spacial score (nSPS) is 22.7. The van der Waals surface area contributed by atoms with Crippen molar-refractivity contribution in [2.45, 2.75) is 31.7 Å². The van der Waals surface area contributed by atoms with Crippen molar-refractivity contribution in [2.75, 3.05) is 25.2 Å². The van der Waals surface area contributed by atoms with E-state index in [2.05, 4.69) is 11.1 Å². The van der Waals surface area contributed by atoms with E-state index in [4.69, 9.17) is 15.2 Å². The van der Waals surface area contributed by atoms with Gasteiger partial charge in [0.2, 0.25) is 0 Å². The smallest absolute Gasteiger partial charge is 0.413 e. The van der Waals surface area contributed by atoms with Gasteiger partial charge in [0.1, 0.15) is 12.1 Å². The Labute approximate surface area is 129 Å². The number of carbonyl (C=O) groups excluding carboxylic acids is 1. The molecule has 0 fully saturated rings. The van der Waals surface area contributed by atoms with Gasteiger partial charge in [-0.1, -0.05) is 12.1 Å². The van der Waals surface area contributed by atoms with E-state index in [1.165, 1.54) is 18.2 Å². The fraction of sp³-hybridized carbons (Fsp3) is 0.500. The molecule has 1 aliphatic carbocycles. The van der Waals surface area contributed by atoms with Crippen LogP contribution in [0, 0.1) is 0 Å². The van der Waals surface area contributed by atoms with Crippen LogP contribution in [0.2, 0.25) is 0 Å². The molecule has 6 heteroatoms. The number of aliphatic imine (C=N–C) groups is 1. The molecule has 0 bridgehead atoms. The first-order valence-corrected chi connectivity index (χ1v) is 7.53. The highest BCUT2D eigenvalue weighted by Gasteiger charge is 2.40. The van der Waals surface area contributed by atoms with Crippen LogP contribution in [0.1, 0.15) is 24.5 Å². The molecule has 1 amide bonds. The van der Waals surface area contributed by atoms with Crippen molar-refractivity contribution in [1.82, 2.24) is 0 Å². The molecule has 118 valence electrons. The first kappa shape index (κ1) is 14.7. The second-order valence-corrected chi connectivity index (χ2v) is 5.77. The third kappa shape index (κ3) is 2.38. The Hall–Kier alpha value is -2.24. The zero-order valence-electron chi connectivity index (χ0n) is 13.0. The third-order valence-electron chi connectivity index (χ3n) is 4.45. The van der Waals surface area contributed by atoms with E-state index in [0.29, 0.717) is 13.2 Å². The molecular formula is C16H21N3O3. The van der Waals surface area contributed by atoms with Crippen LogP contribution in [-0.4, -0.2) is 37.9 Å². The number of benzene rings is 1. The van der Waals surface area contributed by atoms with E-state index in [0.717, 1.165) is 24.9 Å². The predicted molar refractivity (Wildman–Crippen MR) is 84.2 cm³/mol. The maximum absolute atomic E-state index is 12.0. The van der Waals surface area contributed by atoms with E-state index >= 15 is 0 Å².